The van der Waals surface area contributed by atoms with E-state index in [1.165, 1.54) is 0 Å². The quantitative estimate of drug-likeness (QED) is 0.872. The van der Waals surface area contributed by atoms with E-state index in [4.69, 9.17) is 18.9 Å². The minimum absolute atomic E-state index is 0.159. The van der Waals surface area contributed by atoms with Crippen molar-refractivity contribution >= 4 is 5.91 Å². The fourth-order valence-electron chi connectivity index (χ4n) is 2.86. The van der Waals surface area contributed by atoms with Crippen molar-refractivity contribution in [2.75, 3.05) is 21.3 Å². The fraction of sp³-hybridized carbons (Fsp3) is 0.316. The third-order valence-corrected chi connectivity index (χ3v) is 4.18. The van der Waals surface area contributed by atoms with E-state index in [0.29, 0.717) is 30.2 Å². The van der Waals surface area contributed by atoms with Crippen molar-refractivity contribution < 1.29 is 23.7 Å². The molecule has 0 spiro atoms. The summed E-state index contributed by atoms with van der Waals surface area (Å²) in [4.78, 5) is 12.4. The Balaban J connectivity index is 1.68. The van der Waals surface area contributed by atoms with E-state index in [9.17, 15) is 4.79 Å². The van der Waals surface area contributed by atoms with Crippen molar-refractivity contribution in [3.8, 4) is 23.0 Å². The highest BCUT2D eigenvalue weighted by molar-refractivity contribution is 5.82. The van der Waals surface area contributed by atoms with Crippen LogP contribution in [0.15, 0.2) is 36.4 Å². The molecule has 0 aromatic heterocycles. The molecule has 0 saturated heterocycles. The Morgan fingerprint density at radius 2 is 1.76 bits per heavy atom. The third-order valence-electron chi connectivity index (χ3n) is 4.18. The molecule has 3 rings (SSSR count). The summed E-state index contributed by atoms with van der Waals surface area (Å²) in [7, 11) is 4.70. The first-order chi connectivity index (χ1) is 12.2. The van der Waals surface area contributed by atoms with Crippen LogP contribution >= 0.6 is 0 Å². The normalized spacial score (nSPS) is 15.1. The predicted molar refractivity (Wildman–Crippen MR) is 92.5 cm³/mol. The second-order valence-electron chi connectivity index (χ2n) is 5.66. The van der Waals surface area contributed by atoms with Crippen LogP contribution in [0.25, 0.3) is 0 Å². The third kappa shape index (κ3) is 3.47. The van der Waals surface area contributed by atoms with Crippen LogP contribution in [0.4, 0.5) is 0 Å². The summed E-state index contributed by atoms with van der Waals surface area (Å²) < 4.78 is 21.7. The van der Waals surface area contributed by atoms with Gasteiger partial charge in [0.2, 0.25) is 0 Å². The zero-order valence-corrected chi connectivity index (χ0v) is 14.5. The molecule has 0 radical (unpaired) electrons. The highest BCUT2D eigenvalue weighted by Gasteiger charge is 2.28. The zero-order valence-electron chi connectivity index (χ0n) is 14.5. The lowest BCUT2D eigenvalue weighted by Gasteiger charge is -2.16. The maximum absolute atomic E-state index is 12.4. The van der Waals surface area contributed by atoms with Gasteiger partial charge in [-0.2, -0.15) is 0 Å². The van der Waals surface area contributed by atoms with Gasteiger partial charge in [-0.25, -0.2) is 0 Å². The molecule has 1 atom stereocenters. The molecule has 0 fully saturated rings. The van der Waals surface area contributed by atoms with Crippen LogP contribution < -0.4 is 24.3 Å². The van der Waals surface area contributed by atoms with Crippen LogP contribution in [-0.2, 0) is 17.8 Å². The average molecular weight is 343 g/mol. The number of hydrogen-bond acceptors (Lipinski definition) is 5. The number of para-hydroxylation sites is 1. The van der Waals surface area contributed by atoms with Gasteiger partial charge in [-0.15, -0.1) is 0 Å². The smallest absolute Gasteiger partial charge is 0.261 e. The molecule has 0 aliphatic carbocycles. The Hall–Kier alpha value is -2.89. The molecule has 1 aliphatic rings. The first-order valence-electron chi connectivity index (χ1n) is 7.97. The molecule has 2 aromatic rings. The van der Waals surface area contributed by atoms with Gasteiger partial charge >= 0.3 is 0 Å². The van der Waals surface area contributed by atoms with Gasteiger partial charge in [-0.1, -0.05) is 18.2 Å². The van der Waals surface area contributed by atoms with Crippen molar-refractivity contribution in [1.29, 1.82) is 0 Å². The Kier molecular flexibility index (Phi) is 4.97. The molecule has 1 aliphatic heterocycles. The lowest BCUT2D eigenvalue weighted by Crippen LogP contribution is -2.37. The summed E-state index contributed by atoms with van der Waals surface area (Å²) in [5.41, 5.74) is 1.84. The summed E-state index contributed by atoms with van der Waals surface area (Å²) in [6.07, 6.45) is 0.0639. The molecule has 0 saturated carbocycles. The fourth-order valence-corrected chi connectivity index (χ4v) is 2.86. The number of methoxy groups -OCH3 is 3. The molecule has 1 unspecified atom stereocenters. The Bertz CT molecular complexity index is 749. The monoisotopic (exact) mass is 343 g/mol. The van der Waals surface area contributed by atoms with Gasteiger partial charge in [0.25, 0.3) is 5.91 Å². The van der Waals surface area contributed by atoms with Crippen LogP contribution in [0.3, 0.4) is 0 Å². The molecule has 1 amide bonds. The molecule has 1 N–H and O–H groups in total. The molecular weight excluding hydrogens is 322 g/mol. The van der Waals surface area contributed by atoms with Gasteiger partial charge in [-0.05, 0) is 17.7 Å². The molecule has 132 valence electrons. The summed E-state index contributed by atoms with van der Waals surface area (Å²) >= 11 is 0. The van der Waals surface area contributed by atoms with Crippen molar-refractivity contribution in [3.05, 3.63) is 47.5 Å². The Morgan fingerprint density at radius 3 is 2.44 bits per heavy atom. The van der Waals surface area contributed by atoms with Crippen molar-refractivity contribution in [2.24, 2.45) is 0 Å². The van der Waals surface area contributed by atoms with Gasteiger partial charge < -0.3 is 24.3 Å². The van der Waals surface area contributed by atoms with Crippen LogP contribution in [-0.4, -0.2) is 33.3 Å². The van der Waals surface area contributed by atoms with E-state index < -0.39 is 6.10 Å². The van der Waals surface area contributed by atoms with Crippen LogP contribution in [0.1, 0.15) is 11.1 Å². The maximum Gasteiger partial charge on any atom is 0.261 e. The molecule has 0 bridgehead atoms. The van der Waals surface area contributed by atoms with E-state index >= 15 is 0 Å². The topological polar surface area (TPSA) is 66.0 Å². The lowest BCUT2D eigenvalue weighted by atomic mass is 10.1. The minimum atomic E-state index is -0.511. The van der Waals surface area contributed by atoms with Gasteiger partial charge in [0.1, 0.15) is 11.5 Å². The maximum atomic E-state index is 12.4. The highest BCUT2D eigenvalue weighted by atomic mass is 16.5. The SMILES string of the molecule is COc1cc(OC)c(OC)cc1CNC(=O)C1Cc2ccccc2O1. The molecule has 6 nitrogen and oxygen atoms in total. The number of ether oxygens (including phenoxy) is 4. The number of amides is 1. The summed E-state index contributed by atoms with van der Waals surface area (Å²) in [5, 5.41) is 2.90. The number of rotatable bonds is 6. The number of benzene rings is 2. The Morgan fingerprint density at radius 1 is 1.08 bits per heavy atom. The van der Waals surface area contributed by atoms with Gasteiger partial charge in [0.05, 0.1) is 21.3 Å². The number of nitrogens with one attached hydrogen (secondary N) is 1. The van der Waals surface area contributed by atoms with E-state index in [1.54, 1.807) is 33.5 Å². The largest absolute Gasteiger partial charge is 0.496 e. The predicted octanol–water partition coefficient (Wildman–Crippen LogP) is 2.33. The summed E-state index contributed by atoms with van der Waals surface area (Å²) in [6.45, 7) is 0.304. The van der Waals surface area contributed by atoms with E-state index in [-0.39, 0.29) is 5.91 Å². The van der Waals surface area contributed by atoms with E-state index in [1.807, 2.05) is 24.3 Å². The number of carbonyl (C=O) groups excluding carboxylic acids is 1. The molecular formula is C19H21NO5. The second-order valence-corrected chi connectivity index (χ2v) is 5.66. The van der Waals surface area contributed by atoms with Gasteiger partial charge in [0.15, 0.2) is 17.6 Å². The average Bonchev–Trinajstić information content (AvgIpc) is 3.09. The second kappa shape index (κ2) is 7.34. The van der Waals surface area contributed by atoms with Crippen molar-refractivity contribution in [3.63, 3.8) is 0 Å². The Labute approximate surface area is 146 Å². The zero-order chi connectivity index (χ0) is 17.8. The van der Waals surface area contributed by atoms with Crippen molar-refractivity contribution in [1.82, 2.24) is 5.32 Å². The molecule has 6 heteroatoms. The van der Waals surface area contributed by atoms with Crippen LogP contribution in [0.5, 0.6) is 23.0 Å². The standard InChI is InChI=1S/C19H21NO5/c1-22-15-10-17(24-3)16(23-2)9-13(15)11-20-19(21)18-8-12-6-4-5-7-14(12)25-18/h4-7,9-10,18H,8,11H2,1-3H3,(H,20,21). The van der Waals surface area contributed by atoms with Gasteiger partial charge in [0, 0.05) is 24.6 Å². The van der Waals surface area contributed by atoms with E-state index in [0.717, 1.165) is 16.9 Å². The van der Waals surface area contributed by atoms with Crippen LogP contribution in [0.2, 0.25) is 0 Å². The van der Waals surface area contributed by atoms with Gasteiger partial charge in [-0.3, -0.25) is 4.79 Å². The number of fused-ring (bicyclic) bond motifs is 1. The summed E-state index contributed by atoms with van der Waals surface area (Å²) in [5.74, 6) is 2.38. The van der Waals surface area contributed by atoms with Crippen molar-refractivity contribution in [2.45, 2.75) is 19.1 Å². The number of hydrogen-bond donors (Lipinski definition) is 1. The minimum Gasteiger partial charge on any atom is -0.496 e. The summed E-state index contributed by atoms with van der Waals surface area (Å²) in [6, 6.07) is 11.2. The lowest BCUT2D eigenvalue weighted by molar-refractivity contribution is -0.127. The first-order valence-corrected chi connectivity index (χ1v) is 7.97. The number of carbonyl (C=O) groups is 1. The molecule has 2 aromatic carbocycles. The first kappa shape index (κ1) is 17.0. The highest BCUT2D eigenvalue weighted by Crippen LogP contribution is 2.34. The van der Waals surface area contributed by atoms with E-state index in [2.05, 4.69) is 5.32 Å². The molecule has 1 heterocycles. The van der Waals surface area contributed by atoms with Crippen LogP contribution in [0, 0.1) is 0 Å². The molecule has 25 heavy (non-hydrogen) atoms.